The number of carboxylic acids is 5. The maximum absolute atomic E-state index is 14.4. The van der Waals surface area contributed by atoms with Crippen LogP contribution in [0.25, 0.3) is 0 Å². The average molecular weight is 1400 g/mol. The average Bonchev–Trinajstić information content (AvgIpc) is 0.812. The summed E-state index contributed by atoms with van der Waals surface area (Å²) in [5.74, 6) is -10.5. The molecular formula is C72H124N4O22. The van der Waals surface area contributed by atoms with Crippen LogP contribution in [0.5, 0.6) is 0 Å². The predicted octanol–water partition coefficient (Wildman–Crippen LogP) is 10.3. The second kappa shape index (κ2) is 53.9. The third-order valence-corrected chi connectivity index (χ3v) is 18.9. The molecule has 2 fully saturated rings. The zero-order valence-electron chi connectivity index (χ0n) is 59.7. The smallest absolute Gasteiger partial charge is 0.332 e. The van der Waals surface area contributed by atoms with Crippen LogP contribution in [0.3, 0.4) is 0 Å². The highest BCUT2D eigenvalue weighted by atomic mass is 16.6. The number of hydrogen-bond acceptors (Lipinski definition) is 20. The van der Waals surface area contributed by atoms with Gasteiger partial charge in [-0.25, -0.2) is 4.79 Å². The fourth-order valence-corrected chi connectivity index (χ4v) is 12.9. The highest BCUT2D eigenvalue weighted by Crippen LogP contribution is 2.50. The fourth-order valence-electron chi connectivity index (χ4n) is 12.9. The van der Waals surface area contributed by atoms with Crippen molar-refractivity contribution in [3.63, 3.8) is 0 Å². The SMILES string of the molecule is CCCCCCCCCCCCCCCC(=O)OCC(COC(C)=O)(COC(=O)CCCCCCCCCCCCCCC)C(=O)OCC1CCC2(CC1)CCC(C(=O)NCCCOCC(=O)OCC(CN(CCN(CC(=O)O)CC(=O)O)CC(=O)O)N(CC(=O)O)CC(=O)O)CC2. The Balaban J connectivity index is 1.93. The molecule has 2 aliphatic carbocycles. The molecule has 1 unspecified atom stereocenters. The van der Waals surface area contributed by atoms with Gasteiger partial charge in [-0.1, -0.05) is 168 Å². The number of unbranched alkanes of at least 4 members (excludes halogenated alkanes) is 24. The maximum atomic E-state index is 14.4. The number of esters is 5. The van der Waals surface area contributed by atoms with E-state index in [0.29, 0.717) is 32.1 Å². The van der Waals surface area contributed by atoms with E-state index in [-0.39, 0.29) is 75.4 Å². The largest absolute Gasteiger partial charge is 0.480 e. The van der Waals surface area contributed by atoms with Crippen LogP contribution in [-0.4, -0.2) is 217 Å². The number of carbonyl (C=O) groups is 11. The summed E-state index contributed by atoms with van der Waals surface area (Å²) in [5.41, 5.74) is -1.75. The molecule has 1 atom stereocenters. The van der Waals surface area contributed by atoms with Crippen LogP contribution >= 0.6 is 0 Å². The van der Waals surface area contributed by atoms with Crippen molar-refractivity contribution in [2.24, 2.45) is 22.7 Å². The number of carbonyl (C=O) groups excluding carboxylic acids is 6. The summed E-state index contributed by atoms with van der Waals surface area (Å²) in [6.45, 7) is -1.15. The lowest BCUT2D eigenvalue weighted by molar-refractivity contribution is -0.180. The number of nitrogens with zero attached hydrogens (tertiary/aromatic N) is 3. The molecule has 0 aliphatic heterocycles. The van der Waals surface area contributed by atoms with E-state index >= 15 is 0 Å². The van der Waals surface area contributed by atoms with Gasteiger partial charge >= 0.3 is 59.7 Å². The second-order valence-electron chi connectivity index (χ2n) is 27.5. The van der Waals surface area contributed by atoms with Gasteiger partial charge < -0.3 is 59.3 Å². The molecule has 26 heteroatoms. The van der Waals surface area contributed by atoms with Crippen molar-refractivity contribution >= 4 is 65.6 Å². The number of nitrogens with one attached hydrogen (secondary N) is 1. The molecule has 1 amide bonds. The summed E-state index contributed by atoms with van der Waals surface area (Å²) in [6.07, 6.45) is 37.1. The van der Waals surface area contributed by atoms with Gasteiger partial charge in [0.15, 0.2) is 5.41 Å². The van der Waals surface area contributed by atoms with Crippen molar-refractivity contribution in [2.75, 3.05) is 105 Å². The number of aliphatic carboxylic acids is 5. The van der Waals surface area contributed by atoms with Gasteiger partial charge in [0.05, 0.1) is 45.4 Å². The first kappa shape index (κ1) is 88.1. The monoisotopic (exact) mass is 1400 g/mol. The summed E-state index contributed by atoms with van der Waals surface area (Å²) < 4.78 is 33.8. The fraction of sp³-hybridized carbons (Fsp3) is 0.847. The molecule has 0 aromatic heterocycles. The quantitative estimate of drug-likeness (QED) is 0.0187. The molecule has 1 spiro atoms. The molecule has 0 bridgehead atoms. The van der Waals surface area contributed by atoms with Crippen LogP contribution in [0.2, 0.25) is 0 Å². The lowest BCUT2D eigenvalue weighted by Crippen LogP contribution is -2.52. The lowest BCUT2D eigenvalue weighted by atomic mass is 9.61. The van der Waals surface area contributed by atoms with E-state index in [4.69, 9.17) is 28.4 Å². The summed E-state index contributed by atoms with van der Waals surface area (Å²) in [4.78, 5) is 140. The van der Waals surface area contributed by atoms with Gasteiger partial charge in [-0.15, -0.1) is 0 Å². The van der Waals surface area contributed by atoms with E-state index in [1.807, 2.05) is 0 Å². The third kappa shape index (κ3) is 43.5. The van der Waals surface area contributed by atoms with E-state index in [0.717, 1.165) is 86.8 Å². The molecule has 98 heavy (non-hydrogen) atoms. The number of ether oxygens (including phenoxy) is 6. The Bertz CT molecular complexity index is 2230. The Morgan fingerprint density at radius 1 is 0.469 bits per heavy atom. The highest BCUT2D eigenvalue weighted by Gasteiger charge is 2.46. The summed E-state index contributed by atoms with van der Waals surface area (Å²) in [5, 5.41) is 50.1. The standard InChI is InChI=1S/C72H124N4O22/c1-4-6-8-10-12-14-16-18-20-22-24-26-28-31-66(88)97-55-72(54-96-57(3)77,56-98-67(89)32-29-27-25-23-21-19-17-15-13-11-9-7-5-2)70(92)95-51-58-33-37-71(38-34-58)39-35-59(36-40-71)69(91)73-41-30-44-93-53-68(90)94-52-60(76(49-64(84)85)50-65(86)87)45-74(46-61(78)79)42-43-75(47-62(80)81)48-63(82)83/h58-60H,4-56H2,1-3H3,(H,73,91)(H,78,79)(H,80,81)(H,82,83)(H,84,85)(H,86,87). The minimum absolute atomic E-state index is 0.0179. The molecule has 2 saturated carbocycles. The van der Waals surface area contributed by atoms with E-state index in [2.05, 4.69) is 19.2 Å². The van der Waals surface area contributed by atoms with E-state index in [1.165, 1.54) is 127 Å². The van der Waals surface area contributed by atoms with Crippen LogP contribution in [0, 0.1) is 22.7 Å². The number of hydrogen-bond donors (Lipinski definition) is 6. The molecule has 26 nitrogen and oxygen atoms in total. The van der Waals surface area contributed by atoms with Crippen molar-refractivity contribution in [2.45, 2.75) is 264 Å². The Hall–Kier alpha value is -5.99. The molecule has 0 heterocycles. The third-order valence-electron chi connectivity index (χ3n) is 18.9. The van der Waals surface area contributed by atoms with Gasteiger partial charge in [-0.05, 0) is 82.0 Å². The Morgan fingerprint density at radius 3 is 1.30 bits per heavy atom. The predicted molar refractivity (Wildman–Crippen MR) is 365 cm³/mol. The lowest BCUT2D eigenvalue weighted by Gasteiger charge is -2.44. The molecule has 0 saturated heterocycles. The van der Waals surface area contributed by atoms with Crippen LogP contribution in [0.15, 0.2) is 0 Å². The highest BCUT2D eigenvalue weighted by molar-refractivity contribution is 5.80. The van der Waals surface area contributed by atoms with Gasteiger partial charge in [0.25, 0.3) is 0 Å². The van der Waals surface area contributed by atoms with E-state index in [1.54, 1.807) is 0 Å². The first-order chi connectivity index (χ1) is 47.0. The van der Waals surface area contributed by atoms with Crippen LogP contribution in [0.4, 0.5) is 0 Å². The normalized spacial score (nSPS) is 16.6. The molecular weight excluding hydrogens is 1270 g/mol. The zero-order chi connectivity index (χ0) is 72.2. The molecule has 6 N–H and O–H groups in total. The zero-order valence-corrected chi connectivity index (χ0v) is 59.7. The van der Waals surface area contributed by atoms with Crippen molar-refractivity contribution in [3.05, 3.63) is 0 Å². The van der Waals surface area contributed by atoms with Gasteiger partial charge in [0, 0.05) is 58.5 Å². The van der Waals surface area contributed by atoms with E-state index in [9.17, 15) is 78.3 Å². The number of amides is 1. The van der Waals surface area contributed by atoms with Crippen molar-refractivity contribution < 1.29 is 107 Å². The molecule has 0 aromatic carbocycles. The van der Waals surface area contributed by atoms with Gasteiger partial charge in [0.2, 0.25) is 5.91 Å². The number of carboxylic acid groups (broad SMARTS) is 5. The van der Waals surface area contributed by atoms with Crippen LogP contribution < -0.4 is 5.32 Å². The van der Waals surface area contributed by atoms with E-state index < -0.39 is 137 Å². The first-order valence-corrected chi connectivity index (χ1v) is 36.9. The summed E-state index contributed by atoms with van der Waals surface area (Å²) >= 11 is 0. The van der Waals surface area contributed by atoms with Crippen molar-refractivity contribution in [3.8, 4) is 0 Å². The molecule has 0 radical (unpaired) electrons. The van der Waals surface area contributed by atoms with Gasteiger partial charge in [0.1, 0.15) is 33.0 Å². The molecule has 2 aliphatic rings. The van der Waals surface area contributed by atoms with Crippen LogP contribution in [0.1, 0.15) is 258 Å². The Morgan fingerprint density at radius 2 is 0.867 bits per heavy atom. The van der Waals surface area contributed by atoms with Gasteiger partial charge in [-0.2, -0.15) is 0 Å². The minimum atomic E-state index is -1.78. The topological polar surface area (TPSA) is 366 Å². The Kier molecular flexibility index (Phi) is 48.4. The van der Waals surface area contributed by atoms with Crippen LogP contribution in [-0.2, 0) is 81.2 Å². The Labute approximate surface area is 582 Å². The maximum Gasteiger partial charge on any atom is 0.332 e. The second-order valence-corrected chi connectivity index (χ2v) is 27.5. The molecule has 0 aromatic rings. The summed E-state index contributed by atoms with van der Waals surface area (Å²) in [6, 6.07) is -1.20. The number of rotatable bonds is 62. The van der Waals surface area contributed by atoms with Crippen molar-refractivity contribution in [1.29, 1.82) is 0 Å². The van der Waals surface area contributed by atoms with Crippen molar-refractivity contribution in [1.82, 2.24) is 20.0 Å². The van der Waals surface area contributed by atoms with Gasteiger partial charge in [-0.3, -0.25) is 62.6 Å². The minimum Gasteiger partial charge on any atom is -0.480 e. The first-order valence-electron chi connectivity index (χ1n) is 36.9. The molecule has 564 valence electrons. The summed E-state index contributed by atoms with van der Waals surface area (Å²) in [7, 11) is 0. The molecule has 2 rings (SSSR count).